The van der Waals surface area contributed by atoms with Crippen LogP contribution in [0.2, 0.25) is 5.02 Å². The summed E-state index contributed by atoms with van der Waals surface area (Å²) >= 11 is 5.91. The molecule has 0 radical (unpaired) electrons. The summed E-state index contributed by atoms with van der Waals surface area (Å²) in [6.45, 7) is 1.54. The Morgan fingerprint density at radius 3 is 2.57 bits per heavy atom. The minimum atomic E-state index is -3.71. The van der Waals surface area contributed by atoms with Gasteiger partial charge in [-0.05, 0) is 47.9 Å². The number of benzene rings is 1. The quantitative estimate of drug-likeness (QED) is 0.881. The highest BCUT2D eigenvalue weighted by Crippen LogP contribution is 2.24. The molecule has 1 aromatic heterocycles. The molecule has 0 aliphatic rings. The second-order valence-corrected chi connectivity index (χ2v) is 6.70. The first kappa shape index (κ1) is 15.9. The average molecular weight is 327 g/mol. The summed E-state index contributed by atoms with van der Waals surface area (Å²) in [5, 5.41) is 9.53. The fraction of sp³-hybridized carbons (Fsp3) is 0.214. The van der Waals surface area contributed by atoms with Gasteiger partial charge in [-0.3, -0.25) is 4.98 Å². The number of hydrogen-bond acceptors (Lipinski definition) is 4. The summed E-state index contributed by atoms with van der Waals surface area (Å²) in [6, 6.07) is 6.39. The number of pyridine rings is 1. The molecule has 112 valence electrons. The van der Waals surface area contributed by atoms with Crippen LogP contribution in [0.1, 0.15) is 16.7 Å². The van der Waals surface area contributed by atoms with Crippen LogP contribution < -0.4 is 4.72 Å². The van der Waals surface area contributed by atoms with Gasteiger partial charge in [-0.2, -0.15) is 0 Å². The van der Waals surface area contributed by atoms with Gasteiger partial charge in [-0.15, -0.1) is 0 Å². The highest BCUT2D eigenvalue weighted by Gasteiger charge is 2.19. The number of aliphatic hydroxyl groups is 1. The van der Waals surface area contributed by atoms with Crippen LogP contribution in [0, 0.1) is 6.92 Å². The summed E-state index contributed by atoms with van der Waals surface area (Å²) in [6.07, 6.45) is 3.19. The van der Waals surface area contributed by atoms with Crippen molar-refractivity contribution in [3.05, 3.63) is 58.4 Å². The molecule has 2 N–H and O–H groups in total. The predicted molar refractivity (Wildman–Crippen MR) is 80.4 cm³/mol. The molecule has 0 bridgehead atoms. The second-order valence-electron chi connectivity index (χ2n) is 4.53. The third-order valence-electron chi connectivity index (χ3n) is 3.11. The molecule has 1 aromatic carbocycles. The van der Waals surface area contributed by atoms with E-state index in [-0.39, 0.29) is 23.1 Å². The fourth-order valence-electron chi connectivity index (χ4n) is 1.91. The van der Waals surface area contributed by atoms with E-state index >= 15 is 0 Å². The molecule has 0 fully saturated rings. The Hall–Kier alpha value is -1.47. The lowest BCUT2D eigenvalue weighted by Crippen LogP contribution is -2.24. The molecular weight excluding hydrogens is 312 g/mol. The van der Waals surface area contributed by atoms with E-state index in [1.165, 1.54) is 6.07 Å². The maximum Gasteiger partial charge on any atom is 0.241 e. The van der Waals surface area contributed by atoms with Gasteiger partial charge in [0.25, 0.3) is 0 Å². The Morgan fingerprint density at radius 1 is 1.29 bits per heavy atom. The fourth-order valence-corrected chi connectivity index (χ4v) is 3.54. The summed E-state index contributed by atoms with van der Waals surface area (Å²) in [5.41, 5.74) is 1.78. The number of hydrogen-bond donors (Lipinski definition) is 2. The molecule has 0 atom stereocenters. The largest absolute Gasteiger partial charge is 0.392 e. The lowest BCUT2D eigenvalue weighted by atomic mass is 10.1. The zero-order chi connectivity index (χ0) is 15.5. The molecule has 0 unspecified atom stereocenters. The third kappa shape index (κ3) is 3.79. The van der Waals surface area contributed by atoms with E-state index in [2.05, 4.69) is 9.71 Å². The smallest absolute Gasteiger partial charge is 0.241 e. The Morgan fingerprint density at radius 2 is 1.95 bits per heavy atom. The van der Waals surface area contributed by atoms with Crippen LogP contribution in [0.3, 0.4) is 0 Å². The first-order valence-corrected chi connectivity index (χ1v) is 8.08. The standard InChI is InChI=1S/C14H15ClN2O3S/c1-10-12(9-18)6-13(15)7-14(10)21(19,20)17-8-11-2-4-16-5-3-11/h2-7,17-18H,8-9H2,1H3. The monoisotopic (exact) mass is 326 g/mol. The van der Waals surface area contributed by atoms with Gasteiger partial charge >= 0.3 is 0 Å². The van der Waals surface area contributed by atoms with E-state index in [9.17, 15) is 13.5 Å². The van der Waals surface area contributed by atoms with E-state index < -0.39 is 10.0 Å². The molecule has 0 aliphatic heterocycles. The molecule has 2 rings (SSSR count). The number of nitrogens with zero attached hydrogens (tertiary/aromatic N) is 1. The lowest BCUT2D eigenvalue weighted by Gasteiger charge is -2.12. The van der Waals surface area contributed by atoms with Crippen LogP contribution in [0.15, 0.2) is 41.6 Å². The topological polar surface area (TPSA) is 79.3 Å². The number of sulfonamides is 1. The van der Waals surface area contributed by atoms with Crippen molar-refractivity contribution in [2.45, 2.75) is 25.0 Å². The van der Waals surface area contributed by atoms with Crippen LogP contribution in [0.25, 0.3) is 0 Å². The molecule has 5 nitrogen and oxygen atoms in total. The number of rotatable bonds is 5. The van der Waals surface area contributed by atoms with Crippen LogP contribution in [-0.2, 0) is 23.2 Å². The first-order valence-electron chi connectivity index (χ1n) is 6.22. The summed E-state index contributed by atoms with van der Waals surface area (Å²) in [4.78, 5) is 3.95. The summed E-state index contributed by atoms with van der Waals surface area (Å²) in [5.74, 6) is 0. The van der Waals surface area contributed by atoms with Crippen LogP contribution in [-0.4, -0.2) is 18.5 Å². The van der Waals surface area contributed by atoms with Gasteiger partial charge in [0.2, 0.25) is 10.0 Å². The third-order valence-corrected chi connectivity index (χ3v) is 4.85. The predicted octanol–water partition coefficient (Wildman–Crippen LogP) is 2.01. The maximum atomic E-state index is 12.4. The Kier molecular flexibility index (Phi) is 4.95. The van der Waals surface area contributed by atoms with E-state index in [0.717, 1.165) is 5.56 Å². The van der Waals surface area contributed by atoms with Crippen molar-refractivity contribution < 1.29 is 13.5 Å². The molecule has 0 aliphatic carbocycles. The van der Waals surface area contributed by atoms with Crippen molar-refractivity contribution in [3.63, 3.8) is 0 Å². The van der Waals surface area contributed by atoms with E-state index in [1.54, 1.807) is 37.5 Å². The second kappa shape index (κ2) is 6.53. The zero-order valence-electron chi connectivity index (χ0n) is 11.4. The number of aromatic nitrogens is 1. The molecule has 0 spiro atoms. The van der Waals surface area contributed by atoms with Gasteiger partial charge in [0, 0.05) is 24.0 Å². The summed E-state index contributed by atoms with van der Waals surface area (Å²) < 4.78 is 27.3. The van der Waals surface area contributed by atoms with Gasteiger partial charge in [0.15, 0.2) is 0 Å². The van der Waals surface area contributed by atoms with Crippen molar-refractivity contribution in [1.29, 1.82) is 0 Å². The molecule has 0 saturated heterocycles. The minimum Gasteiger partial charge on any atom is -0.392 e. The number of halogens is 1. The molecule has 0 saturated carbocycles. The van der Waals surface area contributed by atoms with Crippen LogP contribution in [0.5, 0.6) is 0 Å². The zero-order valence-corrected chi connectivity index (χ0v) is 12.9. The SMILES string of the molecule is Cc1c(CO)cc(Cl)cc1S(=O)(=O)NCc1ccncc1. The molecule has 0 amide bonds. The Bertz CT molecular complexity index is 733. The van der Waals surface area contributed by atoms with Crippen LogP contribution in [0.4, 0.5) is 0 Å². The molecule has 2 aromatic rings. The van der Waals surface area contributed by atoms with Crippen molar-refractivity contribution in [3.8, 4) is 0 Å². The highest BCUT2D eigenvalue weighted by atomic mass is 35.5. The van der Waals surface area contributed by atoms with E-state index in [0.29, 0.717) is 11.1 Å². The highest BCUT2D eigenvalue weighted by molar-refractivity contribution is 7.89. The van der Waals surface area contributed by atoms with Gasteiger partial charge in [0.1, 0.15) is 0 Å². The molecule has 7 heteroatoms. The normalized spacial score (nSPS) is 11.6. The number of aliphatic hydroxyl groups excluding tert-OH is 1. The Labute approximate surface area is 128 Å². The van der Waals surface area contributed by atoms with Gasteiger partial charge in [0.05, 0.1) is 11.5 Å². The van der Waals surface area contributed by atoms with E-state index in [1.807, 2.05) is 0 Å². The van der Waals surface area contributed by atoms with Gasteiger partial charge in [-0.25, -0.2) is 13.1 Å². The molecular formula is C14H15ClN2O3S. The Balaban J connectivity index is 2.30. The summed E-state index contributed by atoms with van der Waals surface area (Å²) in [7, 11) is -3.71. The van der Waals surface area contributed by atoms with Crippen LogP contribution >= 0.6 is 11.6 Å². The number of nitrogens with one attached hydrogen (secondary N) is 1. The molecule has 1 heterocycles. The lowest BCUT2D eigenvalue weighted by molar-refractivity contribution is 0.280. The van der Waals surface area contributed by atoms with Gasteiger partial charge < -0.3 is 5.11 Å². The van der Waals surface area contributed by atoms with Crippen molar-refractivity contribution >= 4 is 21.6 Å². The molecule has 21 heavy (non-hydrogen) atoms. The maximum absolute atomic E-state index is 12.4. The van der Waals surface area contributed by atoms with Crippen molar-refractivity contribution in [2.24, 2.45) is 0 Å². The van der Waals surface area contributed by atoms with Gasteiger partial charge in [-0.1, -0.05) is 11.6 Å². The van der Waals surface area contributed by atoms with Crippen molar-refractivity contribution in [1.82, 2.24) is 9.71 Å². The van der Waals surface area contributed by atoms with E-state index in [4.69, 9.17) is 11.6 Å². The average Bonchev–Trinajstić information content (AvgIpc) is 2.48. The van der Waals surface area contributed by atoms with Crippen molar-refractivity contribution in [2.75, 3.05) is 0 Å². The first-order chi connectivity index (χ1) is 9.94. The minimum absolute atomic E-state index is 0.0770.